The largest absolute Gasteiger partial charge is 0.507 e. The molecule has 3 rings (SSSR count). The highest BCUT2D eigenvalue weighted by Crippen LogP contribution is 2.39. The number of aliphatic hydroxyl groups excluding tert-OH is 1. The van der Waals surface area contributed by atoms with Crippen LogP contribution in [0.15, 0.2) is 54.4 Å². The van der Waals surface area contributed by atoms with E-state index < -0.39 is 17.7 Å². The van der Waals surface area contributed by atoms with Crippen molar-refractivity contribution in [3.8, 4) is 5.75 Å². The Morgan fingerprint density at radius 2 is 1.90 bits per heavy atom. The summed E-state index contributed by atoms with van der Waals surface area (Å²) in [4.78, 5) is 31.3. The Bertz CT molecular complexity index is 925. The molecular weight excluding hydrogens is 396 g/mol. The molecule has 0 aliphatic carbocycles. The number of rotatable bonds is 10. The number of likely N-dealkylation sites (tertiary alicyclic amines) is 1. The maximum absolute atomic E-state index is 12.9. The molecule has 1 aromatic heterocycles. The summed E-state index contributed by atoms with van der Waals surface area (Å²) in [7, 11) is 1.59. The maximum Gasteiger partial charge on any atom is 0.295 e. The zero-order valence-electron chi connectivity index (χ0n) is 17.9. The van der Waals surface area contributed by atoms with Gasteiger partial charge >= 0.3 is 0 Å². The van der Waals surface area contributed by atoms with Crippen molar-refractivity contribution < 1.29 is 24.2 Å². The first-order chi connectivity index (χ1) is 15.1. The Balaban J connectivity index is 1.96. The minimum atomic E-state index is -0.703. The number of hydrogen-bond acceptors (Lipinski definition) is 6. The van der Waals surface area contributed by atoms with Crippen molar-refractivity contribution in [1.82, 2.24) is 9.88 Å². The molecule has 0 spiro atoms. The third-order valence-electron chi connectivity index (χ3n) is 5.18. The van der Waals surface area contributed by atoms with E-state index in [9.17, 15) is 14.7 Å². The van der Waals surface area contributed by atoms with Gasteiger partial charge in [-0.3, -0.25) is 14.6 Å². The van der Waals surface area contributed by atoms with Gasteiger partial charge in [-0.25, -0.2) is 0 Å². The zero-order chi connectivity index (χ0) is 22.2. The SMILES string of the molecule is CCCCOc1ccc(C(O)=C2C(=O)C(=O)N(CCCOC)[C@H]2c2cccnc2)cc1. The molecule has 1 fully saturated rings. The van der Waals surface area contributed by atoms with Crippen LogP contribution < -0.4 is 4.74 Å². The van der Waals surface area contributed by atoms with Gasteiger partial charge in [-0.1, -0.05) is 19.4 Å². The first-order valence-electron chi connectivity index (χ1n) is 10.5. The third-order valence-corrected chi connectivity index (χ3v) is 5.18. The number of benzene rings is 1. The molecule has 0 bridgehead atoms. The van der Waals surface area contributed by atoms with Crippen LogP contribution in [0.25, 0.3) is 5.76 Å². The van der Waals surface area contributed by atoms with E-state index in [0.717, 1.165) is 12.8 Å². The molecule has 31 heavy (non-hydrogen) atoms. The lowest BCUT2D eigenvalue weighted by Crippen LogP contribution is -2.31. The molecule has 0 unspecified atom stereocenters. The van der Waals surface area contributed by atoms with E-state index in [4.69, 9.17) is 9.47 Å². The van der Waals surface area contributed by atoms with Crippen LogP contribution in [0.3, 0.4) is 0 Å². The van der Waals surface area contributed by atoms with Gasteiger partial charge in [-0.05, 0) is 48.7 Å². The van der Waals surface area contributed by atoms with Gasteiger partial charge in [0.15, 0.2) is 0 Å². The van der Waals surface area contributed by atoms with E-state index in [2.05, 4.69) is 11.9 Å². The molecule has 7 heteroatoms. The van der Waals surface area contributed by atoms with Crippen LogP contribution in [0.4, 0.5) is 0 Å². The molecule has 1 aromatic carbocycles. The molecule has 1 aliphatic rings. The number of ketones is 1. The molecule has 1 saturated heterocycles. The quantitative estimate of drug-likeness (QED) is 0.271. The van der Waals surface area contributed by atoms with E-state index in [1.807, 2.05) is 0 Å². The van der Waals surface area contributed by atoms with Gasteiger partial charge in [-0.2, -0.15) is 0 Å². The second-order valence-electron chi connectivity index (χ2n) is 7.35. The molecule has 164 valence electrons. The summed E-state index contributed by atoms with van der Waals surface area (Å²) in [6.45, 7) is 3.50. The number of hydrogen-bond donors (Lipinski definition) is 1. The fourth-order valence-corrected chi connectivity index (χ4v) is 3.57. The zero-order valence-corrected chi connectivity index (χ0v) is 17.9. The van der Waals surface area contributed by atoms with Crippen molar-refractivity contribution in [2.24, 2.45) is 0 Å². The van der Waals surface area contributed by atoms with Gasteiger partial charge in [0.25, 0.3) is 11.7 Å². The monoisotopic (exact) mass is 424 g/mol. The van der Waals surface area contributed by atoms with E-state index in [1.54, 1.807) is 55.9 Å². The third kappa shape index (κ3) is 5.11. The first kappa shape index (κ1) is 22.5. The van der Waals surface area contributed by atoms with E-state index in [-0.39, 0.29) is 11.3 Å². The van der Waals surface area contributed by atoms with Crippen LogP contribution >= 0.6 is 0 Å². The Kier molecular flexibility index (Phi) is 7.78. The van der Waals surface area contributed by atoms with Crippen molar-refractivity contribution >= 4 is 17.4 Å². The van der Waals surface area contributed by atoms with Gasteiger partial charge in [0.1, 0.15) is 11.5 Å². The minimum absolute atomic E-state index is 0.0649. The Hall–Kier alpha value is -3.19. The Labute approximate surface area is 182 Å². The van der Waals surface area contributed by atoms with E-state index in [0.29, 0.717) is 43.1 Å². The number of carbonyl (C=O) groups excluding carboxylic acids is 2. The second-order valence-corrected chi connectivity index (χ2v) is 7.35. The summed E-state index contributed by atoms with van der Waals surface area (Å²) in [5, 5.41) is 11.0. The lowest BCUT2D eigenvalue weighted by atomic mass is 9.96. The second kappa shape index (κ2) is 10.7. The van der Waals surface area contributed by atoms with Gasteiger partial charge < -0.3 is 19.5 Å². The molecule has 0 radical (unpaired) electrons. The number of nitrogens with zero attached hydrogens (tertiary/aromatic N) is 2. The first-order valence-corrected chi connectivity index (χ1v) is 10.5. The topological polar surface area (TPSA) is 89.0 Å². The lowest BCUT2D eigenvalue weighted by Gasteiger charge is -2.25. The van der Waals surface area contributed by atoms with Crippen LogP contribution in [0, 0.1) is 0 Å². The van der Waals surface area contributed by atoms with Crippen molar-refractivity contribution in [1.29, 1.82) is 0 Å². The summed E-state index contributed by atoms with van der Waals surface area (Å²) in [6.07, 6.45) is 5.80. The summed E-state index contributed by atoms with van der Waals surface area (Å²) in [6, 6.07) is 9.71. The normalized spacial score (nSPS) is 17.9. The highest BCUT2D eigenvalue weighted by molar-refractivity contribution is 6.46. The number of Topliss-reactive ketones (excluding diaryl/α,β-unsaturated/α-hetero) is 1. The van der Waals surface area contributed by atoms with Gasteiger partial charge in [0, 0.05) is 38.2 Å². The number of ether oxygens (including phenoxy) is 2. The summed E-state index contributed by atoms with van der Waals surface area (Å²) >= 11 is 0. The van der Waals surface area contributed by atoms with Crippen LogP contribution in [0.2, 0.25) is 0 Å². The summed E-state index contributed by atoms with van der Waals surface area (Å²) < 4.78 is 10.7. The van der Waals surface area contributed by atoms with Gasteiger partial charge in [0.05, 0.1) is 18.2 Å². The van der Waals surface area contributed by atoms with E-state index >= 15 is 0 Å². The lowest BCUT2D eigenvalue weighted by molar-refractivity contribution is -0.140. The predicted molar refractivity (Wildman–Crippen MR) is 117 cm³/mol. The van der Waals surface area contributed by atoms with Crippen LogP contribution in [0.5, 0.6) is 5.75 Å². The molecule has 1 aliphatic heterocycles. The van der Waals surface area contributed by atoms with Crippen LogP contribution in [0.1, 0.15) is 43.4 Å². The molecule has 0 saturated carbocycles. The Morgan fingerprint density at radius 3 is 2.55 bits per heavy atom. The van der Waals surface area contributed by atoms with Crippen molar-refractivity contribution in [2.75, 3.05) is 26.9 Å². The molecule has 1 atom stereocenters. The smallest absolute Gasteiger partial charge is 0.295 e. The minimum Gasteiger partial charge on any atom is -0.507 e. The predicted octanol–water partition coefficient (Wildman–Crippen LogP) is 3.72. The molecule has 2 aromatic rings. The molecule has 1 N–H and O–H groups in total. The average Bonchev–Trinajstić information content (AvgIpc) is 3.05. The number of amides is 1. The number of aliphatic hydroxyl groups is 1. The van der Waals surface area contributed by atoms with Crippen molar-refractivity contribution in [3.63, 3.8) is 0 Å². The number of pyridine rings is 1. The highest BCUT2D eigenvalue weighted by Gasteiger charge is 2.45. The van der Waals surface area contributed by atoms with Crippen molar-refractivity contribution in [2.45, 2.75) is 32.2 Å². The Morgan fingerprint density at radius 1 is 1.13 bits per heavy atom. The van der Waals surface area contributed by atoms with Crippen molar-refractivity contribution in [3.05, 3.63) is 65.5 Å². The number of methoxy groups -OCH3 is 1. The van der Waals surface area contributed by atoms with E-state index in [1.165, 1.54) is 4.90 Å². The number of carbonyl (C=O) groups is 2. The van der Waals surface area contributed by atoms with Crippen LogP contribution in [-0.4, -0.2) is 53.5 Å². The summed E-state index contributed by atoms with van der Waals surface area (Å²) in [5.41, 5.74) is 1.18. The van der Waals surface area contributed by atoms with Gasteiger partial charge in [-0.15, -0.1) is 0 Å². The maximum atomic E-state index is 12.9. The number of unbranched alkanes of at least 4 members (excludes halogenated alkanes) is 1. The van der Waals surface area contributed by atoms with Gasteiger partial charge in [0.2, 0.25) is 0 Å². The highest BCUT2D eigenvalue weighted by atomic mass is 16.5. The number of aromatic nitrogens is 1. The fraction of sp³-hybridized carbons (Fsp3) is 0.375. The van der Waals surface area contributed by atoms with Crippen LogP contribution in [-0.2, 0) is 14.3 Å². The molecule has 1 amide bonds. The summed E-state index contributed by atoms with van der Waals surface area (Å²) in [5.74, 6) is -0.853. The standard InChI is InChI=1S/C24H28N2O5/c1-3-4-15-31-19-10-8-17(9-11-19)22(27)20-21(18-7-5-12-25-16-18)26(13-6-14-30-2)24(29)23(20)28/h5,7-12,16,21,27H,3-4,6,13-15H2,1-2H3/t21-/m0/s1. The molecule has 7 nitrogen and oxygen atoms in total. The molecular formula is C24H28N2O5. The average molecular weight is 424 g/mol. The fourth-order valence-electron chi connectivity index (χ4n) is 3.57. The molecule has 2 heterocycles.